The van der Waals surface area contributed by atoms with Crippen LogP contribution in [0.4, 0.5) is 0 Å². The van der Waals surface area contributed by atoms with Crippen LogP contribution < -0.4 is 5.32 Å². The maximum absolute atomic E-state index is 4.76. The number of amidine groups is 1. The Kier molecular flexibility index (Phi) is 4.16. The van der Waals surface area contributed by atoms with Crippen molar-refractivity contribution in [3.63, 3.8) is 0 Å². The molecule has 0 amide bonds. The molecule has 2 nitrogen and oxygen atoms in total. The molecule has 1 N–H and O–H groups in total. The van der Waals surface area contributed by atoms with E-state index in [4.69, 9.17) is 4.99 Å². The summed E-state index contributed by atoms with van der Waals surface area (Å²) in [6.45, 7) is 4.55. The molecular weight excluding hydrogens is 207 g/mol. The zero-order valence-electron chi connectivity index (χ0n) is 11.8. The van der Waals surface area contributed by atoms with E-state index in [9.17, 15) is 0 Å². The van der Waals surface area contributed by atoms with E-state index >= 15 is 0 Å². The Morgan fingerprint density at radius 3 is 2.53 bits per heavy atom. The van der Waals surface area contributed by atoms with Gasteiger partial charge in [0.25, 0.3) is 0 Å². The third-order valence-electron chi connectivity index (χ3n) is 4.44. The first-order chi connectivity index (χ1) is 8.07. The van der Waals surface area contributed by atoms with Crippen LogP contribution in [0.5, 0.6) is 0 Å². The maximum atomic E-state index is 4.76. The number of hydrogen-bond donors (Lipinski definition) is 1. The Labute approximate surface area is 107 Å². The van der Waals surface area contributed by atoms with Crippen LogP contribution in [0.15, 0.2) is 4.99 Å². The van der Waals surface area contributed by atoms with Crippen molar-refractivity contribution in [2.75, 3.05) is 0 Å². The molecule has 0 aromatic heterocycles. The lowest BCUT2D eigenvalue weighted by Gasteiger charge is -2.24. The third kappa shape index (κ3) is 3.75. The molecule has 3 heteroatoms. The van der Waals surface area contributed by atoms with Gasteiger partial charge >= 0.3 is 0 Å². The van der Waals surface area contributed by atoms with Crippen molar-refractivity contribution >= 4 is 13.7 Å². The number of aliphatic imine (C=N–C) groups is 1. The molecule has 1 saturated carbocycles. The smallest absolute Gasteiger partial charge is 0.109 e. The second kappa shape index (κ2) is 5.45. The molecule has 0 saturated heterocycles. The van der Waals surface area contributed by atoms with Crippen LogP contribution in [0.25, 0.3) is 0 Å². The zero-order valence-corrected chi connectivity index (χ0v) is 11.8. The van der Waals surface area contributed by atoms with Gasteiger partial charge in [-0.2, -0.15) is 0 Å². The van der Waals surface area contributed by atoms with Crippen LogP contribution in [-0.2, 0) is 0 Å². The van der Waals surface area contributed by atoms with Crippen LogP contribution in [0, 0.1) is 0 Å². The zero-order chi connectivity index (χ0) is 12.3. The highest BCUT2D eigenvalue weighted by molar-refractivity contribution is 6.14. The molecule has 1 heterocycles. The molecule has 3 atom stereocenters. The van der Waals surface area contributed by atoms with Crippen molar-refractivity contribution in [2.24, 2.45) is 4.99 Å². The van der Waals surface area contributed by atoms with E-state index < -0.39 is 0 Å². The van der Waals surface area contributed by atoms with Crippen molar-refractivity contribution < 1.29 is 0 Å². The summed E-state index contributed by atoms with van der Waals surface area (Å²) in [4.78, 5) is 4.76. The molecule has 0 radical (unpaired) electrons. The van der Waals surface area contributed by atoms with Gasteiger partial charge in [-0.05, 0) is 19.8 Å². The Bertz CT molecular complexity index is 286. The van der Waals surface area contributed by atoms with Gasteiger partial charge in [0.05, 0.1) is 11.9 Å². The highest BCUT2D eigenvalue weighted by Crippen LogP contribution is 2.36. The molecule has 0 aromatic rings. The molecule has 1 aliphatic carbocycles. The number of fused-ring (bicyclic) bond motifs is 1. The maximum Gasteiger partial charge on any atom is 0.109 e. The molecular formula is C14H27BN2. The highest BCUT2D eigenvalue weighted by atomic mass is 15.1. The van der Waals surface area contributed by atoms with E-state index in [1.807, 2.05) is 0 Å². The fourth-order valence-corrected chi connectivity index (χ4v) is 3.32. The lowest BCUT2D eigenvalue weighted by molar-refractivity contribution is 0.444. The van der Waals surface area contributed by atoms with Crippen LogP contribution in [-0.4, -0.2) is 25.8 Å². The molecule has 1 aliphatic heterocycles. The van der Waals surface area contributed by atoms with Crippen molar-refractivity contribution in [1.82, 2.24) is 5.32 Å². The minimum absolute atomic E-state index is 0.562. The normalized spacial score (nSPS) is 39.8. The van der Waals surface area contributed by atoms with Gasteiger partial charge in [-0.1, -0.05) is 50.8 Å². The van der Waals surface area contributed by atoms with Crippen molar-refractivity contribution in [3.05, 3.63) is 0 Å². The van der Waals surface area contributed by atoms with E-state index in [1.165, 1.54) is 51.4 Å². The van der Waals surface area contributed by atoms with Crippen LogP contribution in [0.1, 0.15) is 65.2 Å². The Balaban J connectivity index is 1.92. The summed E-state index contributed by atoms with van der Waals surface area (Å²) < 4.78 is 0. The summed E-state index contributed by atoms with van der Waals surface area (Å²) in [6, 6.07) is 1.20. The largest absolute Gasteiger partial charge is 0.369 e. The number of nitrogens with zero attached hydrogens (tertiary/aromatic N) is 1. The summed E-state index contributed by atoms with van der Waals surface area (Å²) in [5.74, 6) is 1.16. The van der Waals surface area contributed by atoms with Gasteiger partial charge < -0.3 is 5.32 Å². The summed E-state index contributed by atoms with van der Waals surface area (Å²) in [5, 5.41) is 4.12. The van der Waals surface area contributed by atoms with E-state index in [-0.39, 0.29) is 0 Å². The predicted molar refractivity (Wildman–Crippen MR) is 77.7 cm³/mol. The molecule has 2 rings (SSSR count). The molecule has 0 aromatic carbocycles. The van der Waals surface area contributed by atoms with Crippen LogP contribution in [0.3, 0.4) is 0 Å². The minimum Gasteiger partial charge on any atom is -0.369 e. The van der Waals surface area contributed by atoms with Gasteiger partial charge in [0.2, 0.25) is 0 Å². The number of hydrogen-bond acceptors (Lipinski definition) is 2. The molecule has 2 aliphatic rings. The van der Waals surface area contributed by atoms with E-state index in [1.54, 1.807) is 0 Å². The van der Waals surface area contributed by atoms with E-state index in [0.29, 0.717) is 17.4 Å². The summed E-state index contributed by atoms with van der Waals surface area (Å²) >= 11 is 0. The first kappa shape index (κ1) is 13.0. The average Bonchev–Trinajstić information content (AvgIpc) is 2.59. The molecule has 3 unspecified atom stereocenters. The second-order valence-corrected chi connectivity index (χ2v) is 6.69. The van der Waals surface area contributed by atoms with Crippen molar-refractivity contribution in [2.45, 2.75) is 82.6 Å². The topological polar surface area (TPSA) is 24.4 Å². The first-order valence-corrected chi connectivity index (χ1v) is 7.38. The Morgan fingerprint density at radius 1 is 1.18 bits per heavy atom. The van der Waals surface area contributed by atoms with Crippen LogP contribution in [0.2, 0.25) is 5.31 Å². The van der Waals surface area contributed by atoms with Gasteiger partial charge in [0, 0.05) is 6.04 Å². The second-order valence-electron chi connectivity index (χ2n) is 6.69. The molecule has 96 valence electrons. The third-order valence-corrected chi connectivity index (χ3v) is 4.44. The van der Waals surface area contributed by atoms with Gasteiger partial charge in [-0.15, -0.1) is 0 Å². The van der Waals surface area contributed by atoms with Gasteiger partial charge in [0.1, 0.15) is 7.85 Å². The monoisotopic (exact) mass is 234 g/mol. The minimum atomic E-state index is 0.562. The van der Waals surface area contributed by atoms with E-state index in [0.717, 1.165) is 5.84 Å². The SMILES string of the molecule is BC1(C)CCCCC2N=C(C)NC2CCCC1. The summed E-state index contributed by atoms with van der Waals surface area (Å²) in [6.07, 6.45) is 10.8. The Morgan fingerprint density at radius 2 is 1.82 bits per heavy atom. The van der Waals surface area contributed by atoms with Crippen molar-refractivity contribution in [1.29, 1.82) is 0 Å². The average molecular weight is 234 g/mol. The lowest BCUT2D eigenvalue weighted by Crippen LogP contribution is -2.33. The fraction of sp³-hybridized carbons (Fsp3) is 0.929. The van der Waals surface area contributed by atoms with Crippen LogP contribution >= 0.6 is 0 Å². The molecule has 0 bridgehead atoms. The highest BCUT2D eigenvalue weighted by Gasteiger charge is 2.27. The number of nitrogens with one attached hydrogen (secondary N) is 1. The Hall–Kier alpha value is -0.465. The molecule has 17 heavy (non-hydrogen) atoms. The quantitative estimate of drug-likeness (QED) is 0.640. The lowest BCUT2D eigenvalue weighted by atomic mass is 9.64. The summed E-state index contributed by atoms with van der Waals surface area (Å²) in [7, 11) is 2.44. The van der Waals surface area contributed by atoms with Gasteiger partial charge in [0.15, 0.2) is 0 Å². The standard InChI is InChI=1S/C14H27BN2/c1-11-16-12-7-3-5-9-14(2,15)10-6-4-8-13(12)17-11/h12-13H,3-10,15H2,1-2H3,(H,16,17). The van der Waals surface area contributed by atoms with Gasteiger partial charge in [-0.25, -0.2) is 0 Å². The van der Waals surface area contributed by atoms with E-state index in [2.05, 4.69) is 27.0 Å². The molecule has 1 fully saturated rings. The fourth-order valence-electron chi connectivity index (χ4n) is 3.32. The van der Waals surface area contributed by atoms with Gasteiger partial charge in [-0.3, -0.25) is 4.99 Å². The molecule has 0 spiro atoms. The number of rotatable bonds is 0. The predicted octanol–water partition coefficient (Wildman–Crippen LogP) is 2.69. The van der Waals surface area contributed by atoms with Crippen molar-refractivity contribution in [3.8, 4) is 0 Å². The first-order valence-electron chi connectivity index (χ1n) is 7.38. The summed E-state index contributed by atoms with van der Waals surface area (Å²) in [5.41, 5.74) is 0.